The number of nitrogens with zero attached hydrogens (tertiary/aromatic N) is 1. The normalized spacial score (nSPS) is 14.2. The highest BCUT2D eigenvalue weighted by Gasteiger charge is 2.25. The Balaban J connectivity index is 4.51. The van der Waals surface area contributed by atoms with Gasteiger partial charge in [-0.3, -0.25) is 9.59 Å². The van der Waals surface area contributed by atoms with Crippen molar-refractivity contribution in [3.63, 3.8) is 0 Å². The van der Waals surface area contributed by atoms with Gasteiger partial charge in [-0.05, 0) is 70.6 Å². The average Bonchev–Trinajstić information content (AvgIpc) is 3.17. The van der Waals surface area contributed by atoms with Gasteiger partial charge in [-0.15, -0.1) is 0 Å². The van der Waals surface area contributed by atoms with Crippen LogP contribution in [0, 0.1) is 0 Å². The molecule has 0 heterocycles. The van der Waals surface area contributed by atoms with E-state index in [4.69, 9.17) is 14.2 Å². The molecule has 8 nitrogen and oxygen atoms in total. The smallest absolute Gasteiger partial charge is 0.306 e. The molecule has 318 valence electrons. The number of hydrogen-bond donors (Lipinski definition) is 0. The molecule has 2 atom stereocenters. The minimum atomic E-state index is -1.15. The summed E-state index contributed by atoms with van der Waals surface area (Å²) in [6.07, 6.45) is 53.8. The number of esters is 2. The van der Waals surface area contributed by atoms with Gasteiger partial charge in [0.1, 0.15) is 12.6 Å². The molecule has 0 aromatic rings. The molecule has 0 bridgehead atoms. The second-order valence-electron chi connectivity index (χ2n) is 14.6. The Morgan fingerprint density at radius 3 is 1.60 bits per heavy atom. The fourth-order valence-electron chi connectivity index (χ4n) is 5.24. The first kappa shape index (κ1) is 52.7. The van der Waals surface area contributed by atoms with Crippen molar-refractivity contribution in [2.24, 2.45) is 0 Å². The van der Waals surface area contributed by atoms with Gasteiger partial charge >= 0.3 is 11.9 Å². The maximum Gasteiger partial charge on any atom is 0.306 e. The van der Waals surface area contributed by atoms with Crippen molar-refractivity contribution < 1.29 is 38.2 Å². The molecule has 0 aliphatic carbocycles. The molecule has 0 aliphatic heterocycles. The van der Waals surface area contributed by atoms with Crippen molar-refractivity contribution in [2.45, 2.75) is 129 Å². The number of allylic oxidation sites excluding steroid dienone is 20. The summed E-state index contributed by atoms with van der Waals surface area (Å²) in [6.45, 7) is 4.25. The van der Waals surface area contributed by atoms with Gasteiger partial charge in [0.2, 0.25) is 0 Å². The molecule has 0 spiro atoms. The molecule has 0 rings (SSSR count). The van der Waals surface area contributed by atoms with Crippen LogP contribution in [0.2, 0.25) is 0 Å². The van der Waals surface area contributed by atoms with Gasteiger partial charge in [-0.1, -0.05) is 148 Å². The fourth-order valence-corrected chi connectivity index (χ4v) is 5.24. The van der Waals surface area contributed by atoms with E-state index in [0.29, 0.717) is 19.3 Å². The third kappa shape index (κ3) is 37.1. The van der Waals surface area contributed by atoms with E-state index >= 15 is 0 Å². The molecule has 57 heavy (non-hydrogen) atoms. The molecule has 0 saturated heterocycles. The van der Waals surface area contributed by atoms with E-state index < -0.39 is 24.1 Å². The van der Waals surface area contributed by atoms with Crippen molar-refractivity contribution in [1.82, 2.24) is 0 Å². The number of quaternary nitrogens is 1. The highest BCUT2D eigenvalue weighted by atomic mass is 16.6. The topological polar surface area (TPSA) is 102 Å². The zero-order chi connectivity index (χ0) is 42.1. The number of aliphatic carboxylic acids is 1. The number of rotatable bonds is 35. The number of carboxylic acids is 1. The minimum Gasteiger partial charge on any atom is -0.544 e. The van der Waals surface area contributed by atoms with Crippen molar-refractivity contribution in [3.8, 4) is 0 Å². The van der Waals surface area contributed by atoms with Gasteiger partial charge in [-0.25, -0.2) is 0 Å². The zero-order valence-corrected chi connectivity index (χ0v) is 35.9. The first-order chi connectivity index (χ1) is 27.6. The SMILES string of the molecule is CC/C=C/C=C/C=C/C=C/C=C/CCCC(=O)OC(COCCC(C(=O)[O-])[N+](C)(C)C)COC(=O)CCCCCC/C=C/C/C=C/C/C=C/C/C=C/C/C=C/CC. The van der Waals surface area contributed by atoms with Gasteiger partial charge in [0, 0.05) is 19.3 Å². The second kappa shape index (κ2) is 38.6. The minimum absolute atomic E-state index is 0.00593. The predicted molar refractivity (Wildman–Crippen MR) is 235 cm³/mol. The van der Waals surface area contributed by atoms with Gasteiger partial charge in [0.25, 0.3) is 0 Å². The fraction of sp³-hybridized carbons (Fsp3) is 0.531. The van der Waals surface area contributed by atoms with Gasteiger partial charge in [0.15, 0.2) is 6.10 Å². The van der Waals surface area contributed by atoms with E-state index in [1.165, 1.54) is 0 Å². The Morgan fingerprint density at radius 1 is 0.544 bits per heavy atom. The molecule has 0 aliphatic rings. The lowest BCUT2D eigenvalue weighted by Gasteiger charge is -2.34. The van der Waals surface area contributed by atoms with E-state index in [9.17, 15) is 19.5 Å². The van der Waals surface area contributed by atoms with Crippen LogP contribution in [0.4, 0.5) is 0 Å². The summed E-state index contributed by atoms with van der Waals surface area (Å²) in [6, 6.07) is -0.750. The monoisotopic (exact) mass is 790 g/mol. The number of carboxylic acid groups (broad SMARTS) is 1. The number of likely N-dealkylation sites (N-methyl/N-ethyl adjacent to an activating group) is 1. The number of carbonyl (C=O) groups is 3. The van der Waals surface area contributed by atoms with E-state index in [1.807, 2.05) is 54.7 Å². The van der Waals surface area contributed by atoms with E-state index in [2.05, 4.69) is 80.7 Å². The third-order valence-electron chi connectivity index (χ3n) is 8.47. The summed E-state index contributed by atoms with van der Waals surface area (Å²) in [4.78, 5) is 36.8. The third-order valence-corrected chi connectivity index (χ3v) is 8.47. The van der Waals surface area contributed by atoms with E-state index in [0.717, 1.165) is 70.6 Å². The maximum absolute atomic E-state index is 12.6. The molecule has 0 saturated carbocycles. The van der Waals surface area contributed by atoms with Crippen LogP contribution >= 0.6 is 0 Å². The lowest BCUT2D eigenvalue weighted by molar-refractivity contribution is -0.889. The van der Waals surface area contributed by atoms with Crippen molar-refractivity contribution in [1.29, 1.82) is 0 Å². The Hall–Kier alpha value is -4.27. The van der Waals surface area contributed by atoms with Crippen molar-refractivity contribution in [2.75, 3.05) is 41.0 Å². The molecule has 0 amide bonds. The van der Waals surface area contributed by atoms with Crippen LogP contribution in [-0.2, 0) is 28.6 Å². The molecule has 0 fully saturated rings. The van der Waals surface area contributed by atoms with Crippen LogP contribution in [0.5, 0.6) is 0 Å². The number of carbonyl (C=O) groups excluding carboxylic acids is 3. The first-order valence-corrected chi connectivity index (χ1v) is 21.1. The molecule has 0 aromatic carbocycles. The second-order valence-corrected chi connectivity index (χ2v) is 14.6. The van der Waals surface area contributed by atoms with Crippen LogP contribution in [0.15, 0.2) is 122 Å². The molecular formula is C49H75NO7. The molecule has 0 aromatic heterocycles. The Bertz CT molecular complexity index is 1340. The predicted octanol–water partition coefficient (Wildman–Crippen LogP) is 10.1. The van der Waals surface area contributed by atoms with Crippen molar-refractivity contribution in [3.05, 3.63) is 122 Å². The van der Waals surface area contributed by atoms with Crippen LogP contribution in [0.25, 0.3) is 0 Å². The number of unbranched alkanes of at least 4 members (excludes halogenated alkanes) is 5. The zero-order valence-electron chi connectivity index (χ0n) is 35.9. The summed E-state index contributed by atoms with van der Waals surface area (Å²) in [5.41, 5.74) is 0. The van der Waals surface area contributed by atoms with E-state index in [1.54, 1.807) is 21.1 Å². The lowest BCUT2D eigenvalue weighted by atomic mass is 10.1. The summed E-state index contributed by atoms with van der Waals surface area (Å²) in [5, 5.41) is 11.6. The number of ether oxygens (including phenoxy) is 3. The maximum atomic E-state index is 12.6. The largest absolute Gasteiger partial charge is 0.544 e. The summed E-state index contributed by atoms with van der Waals surface area (Å²) >= 11 is 0. The summed E-state index contributed by atoms with van der Waals surface area (Å²) in [7, 11) is 5.35. The highest BCUT2D eigenvalue weighted by Crippen LogP contribution is 2.11. The molecule has 0 N–H and O–H groups in total. The van der Waals surface area contributed by atoms with E-state index in [-0.39, 0.29) is 43.1 Å². The van der Waals surface area contributed by atoms with Crippen LogP contribution < -0.4 is 5.11 Å². The lowest BCUT2D eigenvalue weighted by Crippen LogP contribution is -2.55. The van der Waals surface area contributed by atoms with Gasteiger partial charge < -0.3 is 28.6 Å². The Kier molecular flexibility index (Phi) is 35.7. The Morgan fingerprint density at radius 2 is 1.04 bits per heavy atom. The summed E-state index contributed by atoms with van der Waals surface area (Å²) in [5.74, 6) is -1.89. The molecule has 0 radical (unpaired) electrons. The van der Waals surface area contributed by atoms with Crippen LogP contribution in [-0.4, -0.2) is 75.5 Å². The Labute approximate surface area is 346 Å². The van der Waals surface area contributed by atoms with Gasteiger partial charge in [-0.2, -0.15) is 0 Å². The molecular weight excluding hydrogens is 715 g/mol. The highest BCUT2D eigenvalue weighted by molar-refractivity contribution is 5.70. The quantitative estimate of drug-likeness (QED) is 0.0207. The standard InChI is InChI=1S/C49H75NO7/c1-6-8-10-12-14-16-18-20-21-22-23-24-25-26-28-29-31-33-35-37-39-47(51)56-44-45(43-55-42-41-46(49(53)54)50(3,4)5)57-48(52)40-38-36-34-32-30-27-19-17-15-13-11-9-7-2/h8-11,13-17,19-21,23-24,26-28,30,32,34,45-46H,6-7,12,18,22,25,29,31,33,35-44H2,1-5H3/b10-8+,11-9+,15-13+,16-14+,19-17+,21-20+,24-23+,28-26+,30-27+,34-32+. The molecule has 8 heteroatoms. The average molecular weight is 790 g/mol. The number of hydrogen-bond acceptors (Lipinski definition) is 7. The first-order valence-electron chi connectivity index (χ1n) is 21.1. The van der Waals surface area contributed by atoms with Crippen molar-refractivity contribution >= 4 is 17.9 Å². The molecule has 2 unspecified atom stereocenters. The van der Waals surface area contributed by atoms with Crippen LogP contribution in [0.3, 0.4) is 0 Å². The summed E-state index contributed by atoms with van der Waals surface area (Å²) < 4.78 is 17.0. The van der Waals surface area contributed by atoms with Gasteiger partial charge in [0.05, 0.1) is 40.3 Å². The van der Waals surface area contributed by atoms with Crippen LogP contribution in [0.1, 0.15) is 117 Å².